The van der Waals surface area contributed by atoms with Crippen molar-refractivity contribution in [3.05, 3.63) is 71.0 Å². The summed E-state index contributed by atoms with van der Waals surface area (Å²) in [7, 11) is 0. The Labute approximate surface area is 191 Å². The molecular formula is C23H24ClN3O3S. The second kappa shape index (κ2) is 10.2. The maximum Gasteiger partial charge on any atom is 0.327 e. The number of esters is 1. The Balaban J connectivity index is 1.36. The van der Waals surface area contributed by atoms with Crippen LogP contribution in [-0.4, -0.2) is 22.4 Å². The van der Waals surface area contributed by atoms with Gasteiger partial charge in [0.05, 0.1) is 12.8 Å². The number of rotatable bonds is 8. The molecule has 0 radical (unpaired) electrons. The van der Waals surface area contributed by atoms with Crippen molar-refractivity contribution in [1.29, 1.82) is 0 Å². The first-order chi connectivity index (χ1) is 15.1. The van der Waals surface area contributed by atoms with Crippen LogP contribution in [0.3, 0.4) is 0 Å². The Morgan fingerprint density at radius 3 is 2.87 bits per heavy atom. The fraction of sp³-hybridized carbons (Fsp3) is 0.304. The van der Waals surface area contributed by atoms with Crippen LogP contribution >= 0.6 is 23.5 Å². The van der Waals surface area contributed by atoms with Crippen molar-refractivity contribution in [3.8, 4) is 11.5 Å². The Bertz CT molecular complexity index is 1040. The van der Waals surface area contributed by atoms with E-state index < -0.39 is 0 Å². The zero-order valence-electron chi connectivity index (χ0n) is 17.2. The number of aromatic nitrogens is 2. The average molecular weight is 458 g/mol. The number of halogens is 1. The maximum absolute atomic E-state index is 11.8. The van der Waals surface area contributed by atoms with Gasteiger partial charge in [0.2, 0.25) is 0 Å². The normalized spacial score (nSPS) is 15.4. The number of hydrogen-bond acceptors (Lipinski definition) is 6. The molecule has 0 spiro atoms. The summed E-state index contributed by atoms with van der Waals surface area (Å²) in [6.45, 7) is 2.35. The van der Waals surface area contributed by atoms with Gasteiger partial charge >= 0.3 is 5.97 Å². The molecule has 1 N–H and O–H groups in total. The van der Waals surface area contributed by atoms with Gasteiger partial charge in [-0.3, -0.25) is 14.2 Å². The molecule has 8 heteroatoms. The summed E-state index contributed by atoms with van der Waals surface area (Å²) in [6.07, 6.45) is 4.87. The van der Waals surface area contributed by atoms with Gasteiger partial charge in [-0.05, 0) is 80.6 Å². The molecule has 0 saturated carbocycles. The van der Waals surface area contributed by atoms with Crippen molar-refractivity contribution in [2.24, 2.45) is 0 Å². The molecule has 0 aliphatic heterocycles. The lowest BCUT2D eigenvalue weighted by Gasteiger charge is -2.23. The summed E-state index contributed by atoms with van der Waals surface area (Å²) < 4.78 is 16.2. The van der Waals surface area contributed by atoms with E-state index in [0.717, 1.165) is 41.2 Å². The van der Waals surface area contributed by atoms with Crippen LogP contribution in [0.1, 0.15) is 37.1 Å². The SMILES string of the molecule is CCOC(=O)Cn1ncc2c1CCCC2NSc1ccc(Oc2cccc(Cl)c2)cc1. The van der Waals surface area contributed by atoms with Gasteiger partial charge in [-0.1, -0.05) is 17.7 Å². The second-order valence-electron chi connectivity index (χ2n) is 7.20. The Morgan fingerprint density at radius 2 is 2.10 bits per heavy atom. The molecule has 0 amide bonds. The molecule has 1 aliphatic rings. The number of carbonyl (C=O) groups is 1. The molecule has 0 bridgehead atoms. The van der Waals surface area contributed by atoms with Crippen LogP contribution in [0.15, 0.2) is 59.6 Å². The van der Waals surface area contributed by atoms with Gasteiger partial charge in [0.15, 0.2) is 0 Å². The highest BCUT2D eigenvalue weighted by Crippen LogP contribution is 2.33. The van der Waals surface area contributed by atoms with Crippen molar-refractivity contribution < 1.29 is 14.3 Å². The number of ether oxygens (including phenoxy) is 2. The van der Waals surface area contributed by atoms with Gasteiger partial charge in [0.1, 0.15) is 18.0 Å². The molecule has 1 heterocycles. The summed E-state index contributed by atoms with van der Waals surface area (Å²) in [5, 5.41) is 5.07. The molecule has 1 aromatic heterocycles. The molecule has 1 aliphatic carbocycles. The molecule has 3 aromatic rings. The zero-order valence-corrected chi connectivity index (χ0v) is 18.8. The molecule has 0 saturated heterocycles. The molecule has 0 fully saturated rings. The van der Waals surface area contributed by atoms with Crippen LogP contribution in [0.2, 0.25) is 5.02 Å². The average Bonchev–Trinajstić information content (AvgIpc) is 3.17. The number of carbonyl (C=O) groups excluding carboxylic acids is 1. The number of fused-ring (bicyclic) bond motifs is 1. The van der Waals surface area contributed by atoms with Crippen LogP contribution < -0.4 is 9.46 Å². The third-order valence-electron chi connectivity index (χ3n) is 5.02. The van der Waals surface area contributed by atoms with Gasteiger partial charge in [-0.15, -0.1) is 0 Å². The van der Waals surface area contributed by atoms with E-state index in [2.05, 4.69) is 9.82 Å². The van der Waals surface area contributed by atoms with E-state index in [-0.39, 0.29) is 18.6 Å². The van der Waals surface area contributed by atoms with Gasteiger partial charge in [-0.2, -0.15) is 5.10 Å². The molecule has 1 atom stereocenters. The Kier molecular flexibility index (Phi) is 7.17. The van der Waals surface area contributed by atoms with Gasteiger partial charge in [0.25, 0.3) is 0 Å². The van der Waals surface area contributed by atoms with Crippen molar-refractivity contribution in [3.63, 3.8) is 0 Å². The quantitative estimate of drug-likeness (QED) is 0.352. The summed E-state index contributed by atoms with van der Waals surface area (Å²) in [6, 6.07) is 15.4. The molecular weight excluding hydrogens is 434 g/mol. The lowest BCUT2D eigenvalue weighted by atomic mass is 9.94. The fourth-order valence-corrected chi connectivity index (χ4v) is 4.56. The number of hydrogen-bond donors (Lipinski definition) is 1. The summed E-state index contributed by atoms with van der Waals surface area (Å²) in [5.74, 6) is 1.21. The number of nitrogens with zero attached hydrogens (tertiary/aromatic N) is 2. The maximum atomic E-state index is 11.8. The minimum atomic E-state index is -0.252. The van der Waals surface area contributed by atoms with Crippen LogP contribution in [0.4, 0.5) is 0 Å². The first kappa shape index (κ1) is 21.7. The summed E-state index contributed by atoms with van der Waals surface area (Å²) in [5.41, 5.74) is 2.27. The summed E-state index contributed by atoms with van der Waals surface area (Å²) in [4.78, 5) is 12.9. The topological polar surface area (TPSA) is 65.4 Å². The molecule has 4 rings (SSSR count). The monoisotopic (exact) mass is 457 g/mol. The Morgan fingerprint density at radius 1 is 1.26 bits per heavy atom. The molecule has 2 aromatic carbocycles. The van der Waals surface area contributed by atoms with Crippen LogP contribution in [0, 0.1) is 0 Å². The highest BCUT2D eigenvalue weighted by Gasteiger charge is 2.25. The standard InChI is InChI=1S/C23H24ClN3O3S/c1-2-29-23(28)15-27-22-8-4-7-21(20(22)14-25-27)26-31-19-11-9-17(10-12-19)30-18-6-3-5-16(24)13-18/h3,5-6,9-14,21,26H,2,4,7-8,15H2,1H3. The predicted molar refractivity (Wildman–Crippen MR) is 121 cm³/mol. The molecule has 6 nitrogen and oxygen atoms in total. The summed E-state index contributed by atoms with van der Waals surface area (Å²) >= 11 is 7.59. The van der Waals surface area contributed by atoms with Gasteiger partial charge < -0.3 is 9.47 Å². The third-order valence-corrected chi connectivity index (χ3v) is 6.17. The van der Waals surface area contributed by atoms with Gasteiger partial charge in [0, 0.05) is 27.2 Å². The minimum absolute atomic E-state index is 0.164. The van der Waals surface area contributed by atoms with E-state index in [4.69, 9.17) is 21.1 Å². The Hall–Kier alpha value is -2.48. The largest absolute Gasteiger partial charge is 0.465 e. The third kappa shape index (κ3) is 5.61. The fourth-order valence-electron chi connectivity index (χ4n) is 3.59. The van der Waals surface area contributed by atoms with Crippen LogP contribution in [-0.2, 0) is 22.5 Å². The first-order valence-electron chi connectivity index (χ1n) is 10.3. The number of nitrogens with one attached hydrogen (secondary N) is 1. The van der Waals surface area contributed by atoms with Crippen LogP contribution in [0.5, 0.6) is 11.5 Å². The molecule has 31 heavy (non-hydrogen) atoms. The van der Waals surface area contributed by atoms with E-state index >= 15 is 0 Å². The lowest BCUT2D eigenvalue weighted by Crippen LogP contribution is -2.22. The van der Waals surface area contributed by atoms with Crippen molar-refractivity contribution in [1.82, 2.24) is 14.5 Å². The lowest BCUT2D eigenvalue weighted by molar-refractivity contribution is -0.144. The first-order valence-corrected chi connectivity index (χ1v) is 11.5. The van der Waals surface area contributed by atoms with Gasteiger partial charge in [-0.25, -0.2) is 0 Å². The van der Waals surface area contributed by atoms with Crippen molar-refractivity contribution >= 4 is 29.5 Å². The van der Waals surface area contributed by atoms with Crippen molar-refractivity contribution in [2.75, 3.05) is 6.61 Å². The highest BCUT2D eigenvalue weighted by molar-refractivity contribution is 7.97. The number of benzene rings is 2. The van der Waals surface area contributed by atoms with E-state index in [0.29, 0.717) is 17.4 Å². The predicted octanol–water partition coefficient (Wildman–Crippen LogP) is 5.57. The minimum Gasteiger partial charge on any atom is -0.465 e. The van der Waals surface area contributed by atoms with E-state index in [9.17, 15) is 4.79 Å². The van der Waals surface area contributed by atoms with E-state index in [1.165, 1.54) is 0 Å². The second-order valence-corrected chi connectivity index (χ2v) is 8.55. The van der Waals surface area contributed by atoms with E-state index in [1.807, 2.05) is 55.6 Å². The highest BCUT2D eigenvalue weighted by atomic mass is 35.5. The van der Waals surface area contributed by atoms with E-state index in [1.54, 1.807) is 22.7 Å². The smallest absolute Gasteiger partial charge is 0.327 e. The molecule has 1 unspecified atom stereocenters. The zero-order chi connectivity index (χ0) is 21.6. The van der Waals surface area contributed by atoms with Crippen LogP contribution in [0.25, 0.3) is 0 Å². The molecule has 162 valence electrons. The van der Waals surface area contributed by atoms with Crippen molar-refractivity contribution in [2.45, 2.75) is 43.7 Å².